The van der Waals surface area contributed by atoms with Gasteiger partial charge in [-0.25, -0.2) is 0 Å². The summed E-state index contributed by atoms with van der Waals surface area (Å²) in [5.41, 5.74) is 0.925. The van der Waals surface area contributed by atoms with Crippen molar-refractivity contribution < 1.29 is 42.1 Å². The molecule has 0 spiro atoms. The molecule has 2 aromatic carbocycles. The van der Waals surface area contributed by atoms with Crippen molar-refractivity contribution in [3.8, 4) is 34.5 Å². The van der Waals surface area contributed by atoms with E-state index >= 15 is 0 Å². The van der Waals surface area contributed by atoms with Crippen molar-refractivity contribution in [2.75, 3.05) is 41.7 Å². The van der Waals surface area contributed by atoms with Crippen LogP contribution < -0.4 is 28.4 Å². The molecule has 0 saturated carbocycles. The van der Waals surface area contributed by atoms with E-state index in [9.17, 15) is 9.59 Å². The maximum atomic E-state index is 11.2. The molecule has 0 atom stereocenters. The Morgan fingerprint density at radius 3 is 1.15 bits per heavy atom. The van der Waals surface area contributed by atoms with Crippen LogP contribution >= 0.6 is 0 Å². The van der Waals surface area contributed by atoms with Crippen molar-refractivity contribution in [3.63, 3.8) is 0 Å². The van der Waals surface area contributed by atoms with Crippen molar-refractivity contribution in [1.29, 1.82) is 0 Å². The predicted molar refractivity (Wildman–Crippen MR) is 156 cm³/mol. The Bertz CT molecular complexity index is 967. The first kappa shape index (κ1) is 32.2. The Morgan fingerprint density at radius 2 is 0.897 bits per heavy atom. The van der Waals surface area contributed by atoms with Crippen molar-refractivity contribution in [2.24, 2.45) is 0 Å². The standard InChI is InChI=1S/C28H42O9Si2/c1-31-23-15-21(19-29)16-24(32-2)27(23)35-11-9-13-38(5,6)37-39(7,8)14-10-12-36-28-25(33-3)17-22(20-30)18-26(28)34-4/h15-20H,9-14H2,1-8H3. The number of carbonyl (C=O) groups is 2. The van der Waals surface area contributed by atoms with E-state index in [2.05, 4.69) is 26.2 Å². The number of ether oxygens (including phenoxy) is 6. The highest BCUT2D eigenvalue weighted by Gasteiger charge is 2.32. The fourth-order valence-corrected chi connectivity index (χ4v) is 13.2. The number of hydrogen-bond donors (Lipinski definition) is 0. The van der Waals surface area contributed by atoms with E-state index in [1.807, 2.05) is 0 Å². The minimum atomic E-state index is -1.94. The summed E-state index contributed by atoms with van der Waals surface area (Å²) in [4.78, 5) is 22.4. The molecule has 0 N–H and O–H groups in total. The highest BCUT2D eigenvalue weighted by Crippen LogP contribution is 2.39. The zero-order valence-corrected chi connectivity index (χ0v) is 26.4. The predicted octanol–water partition coefficient (Wildman–Crippen LogP) is 6.01. The van der Waals surface area contributed by atoms with Gasteiger partial charge < -0.3 is 32.5 Å². The van der Waals surface area contributed by atoms with Gasteiger partial charge in [0.05, 0.1) is 41.7 Å². The lowest BCUT2D eigenvalue weighted by Crippen LogP contribution is -2.44. The lowest BCUT2D eigenvalue weighted by atomic mass is 10.2. The Morgan fingerprint density at radius 1 is 0.590 bits per heavy atom. The maximum Gasteiger partial charge on any atom is 0.203 e. The van der Waals surface area contributed by atoms with Gasteiger partial charge in [-0.1, -0.05) is 0 Å². The quantitative estimate of drug-likeness (QED) is 0.120. The van der Waals surface area contributed by atoms with Gasteiger partial charge in [-0.3, -0.25) is 9.59 Å². The highest BCUT2D eigenvalue weighted by atomic mass is 28.4. The third kappa shape index (κ3) is 9.59. The largest absolute Gasteiger partial charge is 0.493 e. The molecular formula is C28H42O9Si2. The zero-order chi connectivity index (χ0) is 29.1. The molecule has 0 bridgehead atoms. The average molecular weight is 579 g/mol. The molecule has 2 rings (SSSR count). The third-order valence-electron chi connectivity index (χ3n) is 6.13. The lowest BCUT2D eigenvalue weighted by Gasteiger charge is -2.34. The SMILES string of the molecule is COc1cc(C=O)cc(OC)c1OCCC[Si](C)(C)O[Si](C)(C)CCCOc1c(OC)cc(C=O)cc1OC. The molecule has 0 aliphatic heterocycles. The van der Waals surface area contributed by atoms with Crippen molar-refractivity contribution >= 4 is 29.2 Å². The second-order valence-corrected chi connectivity index (χ2v) is 19.1. The first-order valence-corrected chi connectivity index (χ1v) is 19.1. The number of rotatable bonds is 18. The van der Waals surface area contributed by atoms with Gasteiger partial charge in [-0.15, -0.1) is 0 Å². The lowest BCUT2D eigenvalue weighted by molar-refractivity contribution is 0.111. The van der Waals surface area contributed by atoms with Gasteiger partial charge in [0.15, 0.2) is 39.6 Å². The van der Waals surface area contributed by atoms with Gasteiger partial charge in [-0.05, 0) is 75.4 Å². The minimum absolute atomic E-state index is 0.463. The Kier molecular flexibility index (Phi) is 12.3. The molecule has 0 aliphatic carbocycles. The average Bonchev–Trinajstić information content (AvgIpc) is 2.91. The van der Waals surface area contributed by atoms with E-state index in [-0.39, 0.29) is 0 Å². The summed E-state index contributed by atoms with van der Waals surface area (Å²) >= 11 is 0. The number of benzene rings is 2. The molecule has 11 heteroatoms. The van der Waals surface area contributed by atoms with Crippen LogP contribution in [0.25, 0.3) is 0 Å². The van der Waals surface area contributed by atoms with E-state index in [1.165, 1.54) is 28.4 Å². The van der Waals surface area contributed by atoms with Gasteiger partial charge in [0.25, 0.3) is 0 Å². The van der Waals surface area contributed by atoms with E-state index in [0.29, 0.717) is 58.8 Å². The minimum Gasteiger partial charge on any atom is -0.493 e. The third-order valence-corrected chi connectivity index (χ3v) is 13.7. The molecule has 0 radical (unpaired) electrons. The van der Waals surface area contributed by atoms with Crippen LogP contribution in [0.4, 0.5) is 0 Å². The first-order chi connectivity index (χ1) is 18.5. The van der Waals surface area contributed by atoms with Crippen molar-refractivity contribution in [3.05, 3.63) is 35.4 Å². The number of aldehydes is 2. The van der Waals surface area contributed by atoms with Gasteiger partial charge >= 0.3 is 0 Å². The Hall–Kier alpha value is -3.03. The Labute approximate surface area is 233 Å². The van der Waals surface area contributed by atoms with Crippen LogP contribution in [0, 0.1) is 0 Å². The van der Waals surface area contributed by atoms with E-state index in [4.69, 9.17) is 32.5 Å². The van der Waals surface area contributed by atoms with Crippen LogP contribution in [0.15, 0.2) is 24.3 Å². The summed E-state index contributed by atoms with van der Waals surface area (Å²) in [7, 11) is 2.26. The van der Waals surface area contributed by atoms with E-state index in [0.717, 1.165) is 37.5 Å². The Balaban J connectivity index is 1.87. The number of methoxy groups -OCH3 is 4. The summed E-state index contributed by atoms with van der Waals surface area (Å²) in [6.45, 7) is 9.92. The second-order valence-electron chi connectivity index (χ2n) is 10.3. The maximum absolute atomic E-state index is 11.2. The molecule has 0 amide bonds. The topological polar surface area (TPSA) is 98.8 Å². The van der Waals surface area contributed by atoms with Gasteiger partial charge in [0, 0.05) is 11.1 Å². The summed E-state index contributed by atoms with van der Waals surface area (Å²) in [6, 6.07) is 8.42. The van der Waals surface area contributed by atoms with Crippen LogP contribution in [0.3, 0.4) is 0 Å². The molecule has 0 heterocycles. The molecular weight excluding hydrogens is 536 g/mol. The number of carbonyl (C=O) groups excluding carboxylic acids is 2. The van der Waals surface area contributed by atoms with E-state index < -0.39 is 16.6 Å². The molecule has 0 fully saturated rings. The number of hydrogen-bond acceptors (Lipinski definition) is 9. The summed E-state index contributed by atoms with van der Waals surface area (Å²) in [6.07, 6.45) is 3.14. The molecule has 0 unspecified atom stereocenters. The van der Waals surface area contributed by atoms with Gasteiger partial charge in [0.2, 0.25) is 11.5 Å². The molecule has 39 heavy (non-hydrogen) atoms. The van der Waals surface area contributed by atoms with Gasteiger partial charge in [-0.2, -0.15) is 0 Å². The van der Waals surface area contributed by atoms with Crippen LogP contribution in [-0.4, -0.2) is 70.9 Å². The van der Waals surface area contributed by atoms with E-state index in [1.54, 1.807) is 24.3 Å². The second kappa shape index (κ2) is 14.9. The van der Waals surface area contributed by atoms with Crippen LogP contribution in [0.1, 0.15) is 33.6 Å². The smallest absolute Gasteiger partial charge is 0.203 e. The van der Waals surface area contributed by atoms with Crippen molar-refractivity contribution in [1.82, 2.24) is 0 Å². The summed E-state index contributed by atoms with van der Waals surface area (Å²) in [5.74, 6) is 2.86. The van der Waals surface area contributed by atoms with Gasteiger partial charge in [0.1, 0.15) is 12.6 Å². The summed E-state index contributed by atoms with van der Waals surface area (Å²) < 4.78 is 40.3. The highest BCUT2D eigenvalue weighted by molar-refractivity contribution is 6.84. The molecule has 0 saturated heterocycles. The van der Waals surface area contributed by atoms with Crippen molar-refractivity contribution in [2.45, 2.75) is 51.1 Å². The molecule has 0 aliphatic rings. The molecule has 9 nitrogen and oxygen atoms in total. The summed E-state index contributed by atoms with van der Waals surface area (Å²) in [5, 5.41) is 0. The molecule has 0 aromatic heterocycles. The van der Waals surface area contributed by atoms with Crippen LogP contribution in [0.5, 0.6) is 34.5 Å². The molecule has 216 valence electrons. The fourth-order valence-electron chi connectivity index (χ4n) is 4.42. The molecule has 2 aromatic rings. The normalized spacial score (nSPS) is 11.5. The zero-order valence-electron chi connectivity index (χ0n) is 24.4. The first-order valence-electron chi connectivity index (χ1n) is 12.9. The van der Waals surface area contributed by atoms with Crippen LogP contribution in [0.2, 0.25) is 38.3 Å². The monoisotopic (exact) mass is 578 g/mol. The van der Waals surface area contributed by atoms with Crippen LogP contribution in [-0.2, 0) is 4.12 Å². The fraction of sp³-hybridized carbons (Fsp3) is 0.500.